The fraction of sp³-hybridized carbons (Fsp3) is 0. The molecule has 1 aromatic heterocycles. The zero-order valence-electron chi connectivity index (χ0n) is 13.4. The van der Waals surface area contributed by atoms with Crippen LogP contribution in [0.5, 0.6) is 0 Å². The highest BCUT2D eigenvalue weighted by Crippen LogP contribution is 2.34. The summed E-state index contributed by atoms with van der Waals surface area (Å²) in [6.07, 6.45) is 0.851. The van der Waals surface area contributed by atoms with Crippen molar-refractivity contribution in [1.29, 1.82) is 0 Å². The largest absolute Gasteiger partial charge is 0.337 e. The Labute approximate surface area is 143 Å². The van der Waals surface area contributed by atoms with Gasteiger partial charge in [-0.1, -0.05) is 72.8 Å². The molecule has 0 saturated carbocycles. The van der Waals surface area contributed by atoms with E-state index in [0.717, 1.165) is 34.1 Å². The highest BCUT2D eigenvalue weighted by molar-refractivity contribution is 6.23. The summed E-state index contributed by atoms with van der Waals surface area (Å²) in [7, 11) is 0. The van der Waals surface area contributed by atoms with Crippen molar-refractivity contribution in [3.8, 4) is 11.4 Å². The van der Waals surface area contributed by atoms with E-state index in [9.17, 15) is 4.79 Å². The van der Waals surface area contributed by atoms with Gasteiger partial charge in [0.2, 0.25) is 0 Å². The number of hydrogen-bond donors (Lipinski definition) is 1. The standard InChI is InChI=1S/C22H14N2O/c25-13-14-9-11-15(12-10-14)22-23-20-18-7-3-1-5-16(18)17-6-2-4-8-19(17)21(20)24-22/h1-13H,(H,23,24). The van der Waals surface area contributed by atoms with Crippen molar-refractivity contribution in [3.05, 3.63) is 78.4 Å². The molecule has 3 nitrogen and oxygen atoms in total. The molecular weight excluding hydrogens is 308 g/mol. The Bertz CT molecular complexity index is 1180. The topological polar surface area (TPSA) is 45.8 Å². The van der Waals surface area contributed by atoms with Gasteiger partial charge < -0.3 is 4.98 Å². The van der Waals surface area contributed by atoms with Crippen molar-refractivity contribution >= 4 is 38.9 Å². The molecule has 0 unspecified atom stereocenters. The summed E-state index contributed by atoms with van der Waals surface area (Å²) in [5.41, 5.74) is 3.65. The molecule has 1 N–H and O–H groups in total. The summed E-state index contributed by atoms with van der Waals surface area (Å²) in [6.45, 7) is 0. The highest BCUT2D eigenvalue weighted by atomic mass is 16.1. The van der Waals surface area contributed by atoms with Crippen LogP contribution in [0.1, 0.15) is 10.4 Å². The average molecular weight is 322 g/mol. The molecule has 1 heterocycles. The first-order chi connectivity index (χ1) is 12.3. The summed E-state index contributed by atoms with van der Waals surface area (Å²) in [5, 5.41) is 4.74. The predicted octanol–water partition coefficient (Wildman–Crippen LogP) is 5.35. The first-order valence-corrected chi connectivity index (χ1v) is 8.20. The number of aromatic amines is 1. The number of hydrogen-bond acceptors (Lipinski definition) is 2. The van der Waals surface area contributed by atoms with Crippen molar-refractivity contribution in [2.45, 2.75) is 0 Å². The summed E-state index contributed by atoms with van der Waals surface area (Å²) in [5.74, 6) is 0.814. The lowest BCUT2D eigenvalue weighted by Gasteiger charge is -2.05. The maximum Gasteiger partial charge on any atom is 0.150 e. The van der Waals surface area contributed by atoms with Crippen molar-refractivity contribution in [2.24, 2.45) is 0 Å². The molecule has 5 rings (SSSR count). The van der Waals surface area contributed by atoms with Gasteiger partial charge >= 0.3 is 0 Å². The van der Waals surface area contributed by atoms with Gasteiger partial charge in [0.05, 0.1) is 11.0 Å². The number of rotatable bonds is 2. The molecule has 118 valence electrons. The molecule has 25 heavy (non-hydrogen) atoms. The minimum Gasteiger partial charge on any atom is -0.337 e. The Hall–Kier alpha value is -3.46. The van der Waals surface area contributed by atoms with Gasteiger partial charge in [-0.05, 0) is 10.8 Å². The van der Waals surface area contributed by atoms with Gasteiger partial charge in [-0.15, -0.1) is 0 Å². The van der Waals surface area contributed by atoms with Crippen LogP contribution in [0.25, 0.3) is 44.0 Å². The number of nitrogens with one attached hydrogen (secondary N) is 1. The smallest absolute Gasteiger partial charge is 0.150 e. The zero-order chi connectivity index (χ0) is 16.8. The number of aromatic nitrogens is 2. The lowest BCUT2D eigenvalue weighted by Crippen LogP contribution is -1.82. The van der Waals surface area contributed by atoms with Crippen LogP contribution in [0.2, 0.25) is 0 Å². The third kappa shape index (κ3) is 2.06. The number of nitrogens with zero attached hydrogens (tertiary/aromatic N) is 1. The molecule has 0 aliphatic carbocycles. The summed E-state index contributed by atoms with van der Waals surface area (Å²) < 4.78 is 0. The first kappa shape index (κ1) is 13.9. The van der Waals surface area contributed by atoms with Crippen LogP contribution in [0.3, 0.4) is 0 Å². The second-order valence-electron chi connectivity index (χ2n) is 6.14. The van der Waals surface area contributed by atoms with Crippen molar-refractivity contribution in [2.75, 3.05) is 0 Å². The lowest BCUT2D eigenvalue weighted by atomic mass is 10.0. The molecule has 0 saturated heterocycles. The van der Waals surface area contributed by atoms with Crippen LogP contribution in [0.4, 0.5) is 0 Å². The Morgan fingerprint density at radius 3 is 2.00 bits per heavy atom. The number of benzene rings is 4. The molecule has 0 radical (unpaired) electrons. The maximum atomic E-state index is 10.9. The van der Waals surface area contributed by atoms with Gasteiger partial charge in [-0.25, -0.2) is 4.98 Å². The number of carbonyl (C=O) groups excluding carboxylic acids is 1. The van der Waals surface area contributed by atoms with Gasteiger partial charge in [0.1, 0.15) is 12.1 Å². The number of carbonyl (C=O) groups is 1. The second kappa shape index (κ2) is 5.28. The van der Waals surface area contributed by atoms with Crippen LogP contribution >= 0.6 is 0 Å². The fourth-order valence-corrected chi connectivity index (χ4v) is 3.48. The molecule has 0 amide bonds. The Kier molecular flexibility index (Phi) is 2.94. The highest BCUT2D eigenvalue weighted by Gasteiger charge is 2.13. The quantitative estimate of drug-likeness (QED) is 0.352. The van der Waals surface area contributed by atoms with E-state index in [1.807, 2.05) is 30.3 Å². The van der Waals surface area contributed by atoms with E-state index in [4.69, 9.17) is 4.98 Å². The minimum absolute atomic E-state index is 0.663. The molecule has 3 heteroatoms. The van der Waals surface area contributed by atoms with Crippen LogP contribution in [0.15, 0.2) is 72.8 Å². The van der Waals surface area contributed by atoms with Gasteiger partial charge in [-0.2, -0.15) is 0 Å². The fourth-order valence-electron chi connectivity index (χ4n) is 3.48. The Morgan fingerprint density at radius 2 is 1.32 bits per heavy atom. The maximum absolute atomic E-state index is 10.9. The minimum atomic E-state index is 0.663. The monoisotopic (exact) mass is 322 g/mol. The Morgan fingerprint density at radius 1 is 0.720 bits per heavy atom. The van der Waals surface area contributed by atoms with E-state index in [-0.39, 0.29) is 0 Å². The van der Waals surface area contributed by atoms with E-state index in [2.05, 4.69) is 47.4 Å². The molecule has 0 spiro atoms. The first-order valence-electron chi connectivity index (χ1n) is 8.20. The van der Waals surface area contributed by atoms with Crippen molar-refractivity contribution in [3.63, 3.8) is 0 Å². The van der Waals surface area contributed by atoms with Crippen LogP contribution in [0, 0.1) is 0 Å². The molecule has 0 atom stereocenters. The molecule has 0 bridgehead atoms. The van der Waals surface area contributed by atoms with E-state index in [1.165, 1.54) is 16.2 Å². The van der Waals surface area contributed by atoms with Crippen molar-refractivity contribution < 1.29 is 4.79 Å². The summed E-state index contributed by atoms with van der Waals surface area (Å²) in [4.78, 5) is 19.2. The van der Waals surface area contributed by atoms with E-state index in [1.54, 1.807) is 0 Å². The molecule has 5 aromatic rings. The van der Waals surface area contributed by atoms with Gasteiger partial charge in [0, 0.05) is 21.9 Å². The molecule has 4 aromatic carbocycles. The van der Waals surface area contributed by atoms with Gasteiger partial charge in [0.25, 0.3) is 0 Å². The van der Waals surface area contributed by atoms with E-state index < -0.39 is 0 Å². The van der Waals surface area contributed by atoms with Crippen LogP contribution < -0.4 is 0 Å². The van der Waals surface area contributed by atoms with E-state index >= 15 is 0 Å². The predicted molar refractivity (Wildman–Crippen MR) is 102 cm³/mol. The molecule has 0 aliphatic heterocycles. The van der Waals surface area contributed by atoms with Gasteiger partial charge in [0.15, 0.2) is 0 Å². The zero-order valence-corrected chi connectivity index (χ0v) is 13.4. The van der Waals surface area contributed by atoms with Crippen molar-refractivity contribution in [1.82, 2.24) is 9.97 Å². The number of imidazole rings is 1. The molecule has 0 fully saturated rings. The third-order valence-corrected chi connectivity index (χ3v) is 4.69. The number of H-pyrrole nitrogens is 1. The second-order valence-corrected chi connectivity index (χ2v) is 6.14. The summed E-state index contributed by atoms with van der Waals surface area (Å²) in [6, 6.07) is 24.2. The van der Waals surface area contributed by atoms with Gasteiger partial charge in [-0.3, -0.25) is 4.79 Å². The SMILES string of the molecule is O=Cc1ccc(-c2nc3c4ccccc4c4ccccc4c3[nH]2)cc1. The Balaban J connectivity index is 1.88. The van der Waals surface area contributed by atoms with Crippen LogP contribution in [-0.4, -0.2) is 16.3 Å². The molecule has 0 aliphatic rings. The average Bonchev–Trinajstić information content (AvgIpc) is 3.14. The number of fused-ring (bicyclic) bond motifs is 6. The number of aldehydes is 1. The third-order valence-electron chi connectivity index (χ3n) is 4.69. The molecular formula is C22H14N2O. The lowest BCUT2D eigenvalue weighted by molar-refractivity contribution is 0.112. The van der Waals surface area contributed by atoms with Crippen LogP contribution in [-0.2, 0) is 0 Å². The normalized spacial score (nSPS) is 11.4. The summed E-state index contributed by atoms with van der Waals surface area (Å²) >= 11 is 0. The van der Waals surface area contributed by atoms with E-state index in [0.29, 0.717) is 5.56 Å².